The third kappa shape index (κ3) is 3.81. The summed E-state index contributed by atoms with van der Waals surface area (Å²) in [6.45, 7) is 5.67. The summed E-state index contributed by atoms with van der Waals surface area (Å²) in [7, 11) is 0. The SMILES string of the molecule is CC(C)(C)NC(=O)Oc1ncc(-c2ccc3cnncc3c2)s1. The lowest BCUT2D eigenvalue weighted by Gasteiger charge is -2.18. The number of fused-ring (bicyclic) bond motifs is 1. The maximum Gasteiger partial charge on any atom is 0.414 e. The van der Waals surface area contributed by atoms with Crippen LogP contribution in [0.2, 0.25) is 0 Å². The van der Waals surface area contributed by atoms with Gasteiger partial charge in [0.1, 0.15) is 0 Å². The Morgan fingerprint density at radius 3 is 2.61 bits per heavy atom. The van der Waals surface area contributed by atoms with Gasteiger partial charge in [0.15, 0.2) is 0 Å². The van der Waals surface area contributed by atoms with Gasteiger partial charge in [-0.3, -0.25) is 0 Å². The van der Waals surface area contributed by atoms with Crippen molar-refractivity contribution < 1.29 is 9.53 Å². The summed E-state index contributed by atoms with van der Waals surface area (Å²) in [6.07, 6.45) is 4.62. The lowest BCUT2D eigenvalue weighted by atomic mass is 10.1. The van der Waals surface area contributed by atoms with Crippen molar-refractivity contribution >= 4 is 28.2 Å². The van der Waals surface area contributed by atoms with E-state index in [9.17, 15) is 4.79 Å². The standard InChI is InChI=1S/C16H16N4O2S/c1-16(2,3)20-14(21)22-15-17-9-13(23-15)10-4-5-11-7-18-19-8-12(11)6-10/h4-9H,1-3H3,(H,20,21). The Bertz CT molecular complexity index is 854. The van der Waals surface area contributed by atoms with Gasteiger partial charge in [0.2, 0.25) is 0 Å². The maximum absolute atomic E-state index is 11.8. The molecule has 1 aromatic carbocycles. The Kier molecular flexibility index (Phi) is 3.96. The smallest absolute Gasteiger partial charge is 0.381 e. The maximum atomic E-state index is 11.8. The summed E-state index contributed by atoms with van der Waals surface area (Å²) >= 11 is 1.32. The average molecular weight is 328 g/mol. The minimum absolute atomic E-state index is 0.315. The first-order chi connectivity index (χ1) is 10.9. The predicted molar refractivity (Wildman–Crippen MR) is 89.6 cm³/mol. The molecule has 0 aliphatic heterocycles. The summed E-state index contributed by atoms with van der Waals surface area (Å²) in [5, 5.41) is 12.8. The van der Waals surface area contributed by atoms with Crippen LogP contribution in [0, 0.1) is 0 Å². The second-order valence-corrected chi connectivity index (χ2v) is 7.08. The summed E-state index contributed by atoms with van der Waals surface area (Å²) in [6, 6.07) is 5.97. The number of aromatic nitrogens is 3. The van der Waals surface area contributed by atoms with E-state index in [2.05, 4.69) is 20.5 Å². The number of rotatable bonds is 2. The molecule has 0 unspecified atom stereocenters. The third-order valence-electron chi connectivity index (χ3n) is 2.97. The van der Waals surface area contributed by atoms with Gasteiger partial charge in [-0.05, 0) is 32.4 Å². The fourth-order valence-corrected chi connectivity index (χ4v) is 2.76. The Balaban J connectivity index is 1.79. The quantitative estimate of drug-likeness (QED) is 0.777. The molecule has 0 aliphatic rings. The van der Waals surface area contributed by atoms with Crippen molar-refractivity contribution in [3.05, 3.63) is 36.8 Å². The highest BCUT2D eigenvalue weighted by Gasteiger charge is 2.17. The third-order valence-corrected chi connectivity index (χ3v) is 3.90. The molecule has 118 valence electrons. The Morgan fingerprint density at radius 1 is 1.13 bits per heavy atom. The first-order valence-corrected chi connectivity index (χ1v) is 7.89. The second kappa shape index (κ2) is 5.92. The number of carbonyl (C=O) groups is 1. The van der Waals surface area contributed by atoms with Gasteiger partial charge in [0.25, 0.3) is 5.19 Å². The van der Waals surface area contributed by atoms with Crippen LogP contribution in [0.25, 0.3) is 21.2 Å². The molecule has 1 N–H and O–H groups in total. The molecule has 7 heteroatoms. The fourth-order valence-electron chi connectivity index (χ4n) is 2.00. The molecule has 2 aromatic heterocycles. The number of hydrogen-bond donors (Lipinski definition) is 1. The van der Waals surface area contributed by atoms with E-state index >= 15 is 0 Å². The largest absolute Gasteiger partial charge is 0.414 e. The highest BCUT2D eigenvalue weighted by atomic mass is 32.1. The van der Waals surface area contributed by atoms with Crippen LogP contribution in [0.5, 0.6) is 5.19 Å². The average Bonchev–Trinajstić information content (AvgIpc) is 2.93. The van der Waals surface area contributed by atoms with Crippen molar-refractivity contribution in [3.63, 3.8) is 0 Å². The lowest BCUT2D eigenvalue weighted by molar-refractivity contribution is 0.190. The van der Waals surface area contributed by atoms with Crippen LogP contribution in [0.1, 0.15) is 20.8 Å². The van der Waals surface area contributed by atoms with Crippen LogP contribution in [-0.4, -0.2) is 26.8 Å². The van der Waals surface area contributed by atoms with Crippen molar-refractivity contribution in [2.75, 3.05) is 0 Å². The molecule has 0 atom stereocenters. The van der Waals surface area contributed by atoms with Crippen molar-refractivity contribution in [2.24, 2.45) is 0 Å². The first-order valence-electron chi connectivity index (χ1n) is 7.07. The molecule has 0 fully saturated rings. The highest BCUT2D eigenvalue weighted by molar-refractivity contribution is 7.16. The van der Waals surface area contributed by atoms with Crippen molar-refractivity contribution in [1.82, 2.24) is 20.5 Å². The van der Waals surface area contributed by atoms with E-state index in [0.29, 0.717) is 5.19 Å². The van der Waals surface area contributed by atoms with Gasteiger partial charge < -0.3 is 10.1 Å². The number of benzene rings is 1. The van der Waals surface area contributed by atoms with E-state index in [1.54, 1.807) is 18.6 Å². The van der Waals surface area contributed by atoms with E-state index in [1.807, 2.05) is 39.0 Å². The Morgan fingerprint density at radius 2 is 1.87 bits per heavy atom. The molecular formula is C16H16N4O2S. The lowest BCUT2D eigenvalue weighted by Crippen LogP contribution is -2.42. The van der Waals surface area contributed by atoms with E-state index < -0.39 is 6.09 Å². The zero-order valence-electron chi connectivity index (χ0n) is 13.0. The monoisotopic (exact) mass is 328 g/mol. The van der Waals surface area contributed by atoms with E-state index in [4.69, 9.17) is 4.74 Å². The van der Waals surface area contributed by atoms with Crippen LogP contribution in [0.15, 0.2) is 36.8 Å². The van der Waals surface area contributed by atoms with Crippen LogP contribution < -0.4 is 10.1 Å². The summed E-state index contributed by atoms with van der Waals surface area (Å²) in [5.74, 6) is 0. The minimum atomic E-state index is -0.507. The molecule has 0 saturated heterocycles. The van der Waals surface area contributed by atoms with Gasteiger partial charge in [-0.2, -0.15) is 10.2 Å². The van der Waals surface area contributed by atoms with Crippen LogP contribution in [0.4, 0.5) is 4.79 Å². The number of hydrogen-bond acceptors (Lipinski definition) is 6. The number of ether oxygens (including phenoxy) is 1. The van der Waals surface area contributed by atoms with Crippen LogP contribution >= 0.6 is 11.3 Å². The van der Waals surface area contributed by atoms with Gasteiger partial charge in [-0.15, -0.1) is 0 Å². The topological polar surface area (TPSA) is 77.0 Å². The summed E-state index contributed by atoms with van der Waals surface area (Å²) in [4.78, 5) is 16.8. The van der Waals surface area contributed by atoms with E-state index in [0.717, 1.165) is 21.2 Å². The number of nitrogens with zero attached hydrogens (tertiary/aromatic N) is 3. The van der Waals surface area contributed by atoms with Gasteiger partial charge in [0, 0.05) is 22.5 Å². The van der Waals surface area contributed by atoms with Gasteiger partial charge >= 0.3 is 6.09 Å². The molecule has 3 aromatic rings. The van der Waals surface area contributed by atoms with E-state index in [1.165, 1.54) is 11.3 Å². The molecule has 3 rings (SSSR count). The zero-order valence-corrected chi connectivity index (χ0v) is 13.8. The normalized spacial score (nSPS) is 11.4. The number of amides is 1. The molecule has 0 radical (unpaired) electrons. The molecule has 2 heterocycles. The molecule has 0 spiro atoms. The van der Waals surface area contributed by atoms with Crippen molar-refractivity contribution in [2.45, 2.75) is 26.3 Å². The number of carbonyl (C=O) groups excluding carboxylic acids is 1. The van der Waals surface area contributed by atoms with Gasteiger partial charge in [0.05, 0.1) is 17.3 Å². The molecule has 23 heavy (non-hydrogen) atoms. The molecular weight excluding hydrogens is 312 g/mol. The van der Waals surface area contributed by atoms with Crippen molar-refractivity contribution in [1.29, 1.82) is 0 Å². The Hall–Kier alpha value is -2.54. The molecule has 1 amide bonds. The summed E-state index contributed by atoms with van der Waals surface area (Å²) in [5.41, 5.74) is 0.644. The minimum Gasteiger partial charge on any atom is -0.381 e. The predicted octanol–water partition coefficient (Wildman–Crippen LogP) is 3.64. The molecule has 0 saturated carbocycles. The number of nitrogens with one attached hydrogen (secondary N) is 1. The first kappa shape index (κ1) is 15.4. The van der Waals surface area contributed by atoms with Gasteiger partial charge in [-0.1, -0.05) is 23.5 Å². The molecule has 0 bridgehead atoms. The molecule has 6 nitrogen and oxygen atoms in total. The molecule has 0 aliphatic carbocycles. The van der Waals surface area contributed by atoms with E-state index in [-0.39, 0.29) is 5.54 Å². The highest BCUT2D eigenvalue weighted by Crippen LogP contribution is 2.32. The van der Waals surface area contributed by atoms with Crippen LogP contribution in [-0.2, 0) is 0 Å². The second-order valence-electron chi connectivity index (χ2n) is 6.09. The fraction of sp³-hybridized carbons (Fsp3) is 0.250. The number of thiazole rings is 1. The summed E-state index contributed by atoms with van der Waals surface area (Å²) < 4.78 is 5.22. The van der Waals surface area contributed by atoms with Crippen molar-refractivity contribution in [3.8, 4) is 15.6 Å². The Labute approximate surface area is 137 Å². The van der Waals surface area contributed by atoms with Crippen LogP contribution in [0.3, 0.4) is 0 Å². The zero-order chi connectivity index (χ0) is 16.4. The van der Waals surface area contributed by atoms with Gasteiger partial charge in [-0.25, -0.2) is 9.78 Å².